The van der Waals surface area contributed by atoms with Gasteiger partial charge in [-0.25, -0.2) is 4.79 Å². The van der Waals surface area contributed by atoms with Crippen molar-refractivity contribution < 1.29 is 18.7 Å². The van der Waals surface area contributed by atoms with Crippen LogP contribution < -0.4 is 0 Å². The molecule has 3 rings (SSSR count). The van der Waals surface area contributed by atoms with E-state index in [1.807, 2.05) is 0 Å². The molecule has 0 fully saturated rings. The largest absolute Gasteiger partial charge is 0.417 e. The van der Waals surface area contributed by atoms with E-state index in [0.29, 0.717) is 5.56 Å². The van der Waals surface area contributed by atoms with E-state index in [1.54, 1.807) is 25.1 Å². The van der Waals surface area contributed by atoms with Gasteiger partial charge >= 0.3 is 5.97 Å². The molecule has 1 atom stereocenters. The van der Waals surface area contributed by atoms with Crippen molar-refractivity contribution in [1.82, 2.24) is 0 Å². The fourth-order valence-electron chi connectivity index (χ4n) is 2.28. The molecule has 1 aliphatic carbocycles. The van der Waals surface area contributed by atoms with Gasteiger partial charge in [-0.1, -0.05) is 12.1 Å². The lowest BCUT2D eigenvalue weighted by Gasteiger charge is -2.33. The molecule has 0 radical (unpaired) electrons. The highest BCUT2D eigenvalue weighted by atomic mass is 19.2. The van der Waals surface area contributed by atoms with Gasteiger partial charge in [-0.2, -0.15) is 4.39 Å². The number of carbonyl (C=O) groups is 2. The predicted octanol–water partition coefficient (Wildman–Crippen LogP) is 2.35. The Morgan fingerprint density at radius 2 is 2.06 bits per heavy atom. The lowest BCUT2D eigenvalue weighted by molar-refractivity contribution is -0.111. The van der Waals surface area contributed by atoms with Crippen LogP contribution in [0.5, 0.6) is 0 Å². The van der Waals surface area contributed by atoms with Gasteiger partial charge in [-0.3, -0.25) is 4.79 Å². The average molecular weight is 244 g/mol. The molecule has 0 amide bonds. The number of aryl methyl sites for hydroxylation is 1. The second-order valence-electron chi connectivity index (χ2n) is 4.33. The van der Waals surface area contributed by atoms with Crippen LogP contribution in [0.1, 0.15) is 21.5 Å². The third-order valence-electron chi connectivity index (χ3n) is 3.12. The number of allylic oxidation sites excluding steroid dienone is 2. The van der Waals surface area contributed by atoms with Crippen LogP contribution in [0.3, 0.4) is 0 Å². The van der Waals surface area contributed by atoms with Gasteiger partial charge in [-0.05, 0) is 30.7 Å². The van der Waals surface area contributed by atoms with E-state index in [1.165, 1.54) is 6.08 Å². The number of hydrogen-bond acceptors (Lipinski definition) is 3. The van der Waals surface area contributed by atoms with Crippen LogP contribution in [-0.4, -0.2) is 17.6 Å². The quantitative estimate of drug-likeness (QED) is 0.658. The van der Waals surface area contributed by atoms with Crippen molar-refractivity contribution in [2.24, 2.45) is 0 Å². The summed E-state index contributed by atoms with van der Waals surface area (Å²) in [5.74, 6) is -3.36. The SMILES string of the molecule is Cc1cccc2c1C1=CC(=O)C=CC1(F)OC2=O. The minimum atomic E-state index is -2.33. The van der Waals surface area contributed by atoms with E-state index in [9.17, 15) is 14.0 Å². The molecule has 0 saturated carbocycles. The first-order chi connectivity index (χ1) is 8.51. The highest BCUT2D eigenvalue weighted by Gasteiger charge is 2.45. The smallest absolute Gasteiger partial charge is 0.342 e. The van der Waals surface area contributed by atoms with E-state index in [2.05, 4.69) is 0 Å². The van der Waals surface area contributed by atoms with E-state index in [0.717, 1.165) is 17.7 Å². The summed E-state index contributed by atoms with van der Waals surface area (Å²) in [6, 6.07) is 5.02. The topological polar surface area (TPSA) is 43.4 Å². The van der Waals surface area contributed by atoms with Crippen LogP contribution in [0.2, 0.25) is 0 Å². The van der Waals surface area contributed by atoms with Gasteiger partial charge in [-0.15, -0.1) is 0 Å². The van der Waals surface area contributed by atoms with Gasteiger partial charge in [0.05, 0.1) is 5.56 Å². The van der Waals surface area contributed by atoms with Crippen molar-refractivity contribution in [3.63, 3.8) is 0 Å². The molecule has 1 unspecified atom stereocenters. The third-order valence-corrected chi connectivity index (χ3v) is 3.12. The van der Waals surface area contributed by atoms with Crippen molar-refractivity contribution in [2.75, 3.05) is 0 Å². The van der Waals surface area contributed by atoms with Crippen molar-refractivity contribution in [1.29, 1.82) is 0 Å². The van der Waals surface area contributed by atoms with E-state index < -0.39 is 11.8 Å². The first-order valence-corrected chi connectivity index (χ1v) is 5.49. The molecule has 18 heavy (non-hydrogen) atoms. The summed E-state index contributed by atoms with van der Waals surface area (Å²) in [5.41, 5.74) is 1.58. The Labute approximate surface area is 103 Å². The number of benzene rings is 1. The Hall–Kier alpha value is -2.23. The van der Waals surface area contributed by atoms with Crippen molar-refractivity contribution in [3.8, 4) is 0 Å². The second kappa shape index (κ2) is 3.38. The van der Waals surface area contributed by atoms with Crippen LogP contribution in [0.4, 0.5) is 4.39 Å². The maximum absolute atomic E-state index is 14.5. The van der Waals surface area contributed by atoms with Crippen LogP contribution in [-0.2, 0) is 9.53 Å². The fourth-order valence-corrected chi connectivity index (χ4v) is 2.28. The highest BCUT2D eigenvalue weighted by Crippen LogP contribution is 2.43. The molecule has 4 heteroatoms. The standard InChI is InChI=1S/C14H9FO3/c1-8-3-2-4-10-12(8)11-7-9(16)5-6-14(11,15)18-13(10)17/h2-7H,1H3. The zero-order valence-corrected chi connectivity index (χ0v) is 9.57. The summed E-state index contributed by atoms with van der Waals surface area (Å²) in [7, 11) is 0. The fraction of sp³-hybridized carbons (Fsp3) is 0.143. The van der Waals surface area contributed by atoms with Gasteiger partial charge < -0.3 is 4.74 Å². The Kier molecular flexibility index (Phi) is 2.05. The lowest BCUT2D eigenvalue weighted by atomic mass is 9.85. The minimum absolute atomic E-state index is 0.0997. The summed E-state index contributed by atoms with van der Waals surface area (Å²) < 4.78 is 19.3. The van der Waals surface area contributed by atoms with Crippen LogP contribution in [0, 0.1) is 6.92 Å². The first kappa shape index (κ1) is 10.9. The number of halogens is 1. The molecule has 3 nitrogen and oxygen atoms in total. The summed E-state index contributed by atoms with van der Waals surface area (Å²) in [6.45, 7) is 1.77. The summed E-state index contributed by atoms with van der Waals surface area (Å²) in [5, 5.41) is 0. The number of fused-ring (bicyclic) bond motifs is 3. The van der Waals surface area contributed by atoms with E-state index in [-0.39, 0.29) is 16.9 Å². The maximum atomic E-state index is 14.5. The van der Waals surface area contributed by atoms with Gasteiger partial charge in [0.25, 0.3) is 5.85 Å². The highest BCUT2D eigenvalue weighted by molar-refractivity contribution is 6.11. The monoisotopic (exact) mass is 244 g/mol. The molecule has 2 aliphatic rings. The predicted molar refractivity (Wildman–Crippen MR) is 62.6 cm³/mol. The molecule has 0 bridgehead atoms. The number of ketones is 1. The van der Waals surface area contributed by atoms with Crippen molar-refractivity contribution in [3.05, 3.63) is 53.1 Å². The number of rotatable bonds is 0. The Bertz CT molecular complexity index is 642. The Morgan fingerprint density at radius 1 is 1.28 bits per heavy atom. The zero-order chi connectivity index (χ0) is 12.9. The minimum Gasteiger partial charge on any atom is -0.417 e. The molecule has 0 aromatic heterocycles. The van der Waals surface area contributed by atoms with Crippen LogP contribution in [0.15, 0.2) is 36.4 Å². The molecule has 1 heterocycles. The molecule has 0 N–H and O–H groups in total. The second-order valence-corrected chi connectivity index (χ2v) is 4.33. The molecule has 1 aliphatic heterocycles. The Morgan fingerprint density at radius 3 is 2.83 bits per heavy atom. The third kappa shape index (κ3) is 1.35. The molecule has 1 aromatic rings. The van der Waals surface area contributed by atoms with E-state index in [4.69, 9.17) is 4.74 Å². The number of alkyl halides is 1. The van der Waals surface area contributed by atoms with Crippen LogP contribution in [0.25, 0.3) is 5.57 Å². The number of carbonyl (C=O) groups excluding carboxylic acids is 2. The number of hydrogen-bond donors (Lipinski definition) is 0. The molecule has 0 spiro atoms. The molecule has 90 valence electrons. The normalized spacial score (nSPS) is 25.1. The van der Waals surface area contributed by atoms with Crippen LogP contribution >= 0.6 is 0 Å². The lowest BCUT2D eigenvalue weighted by Crippen LogP contribution is -2.37. The zero-order valence-electron chi connectivity index (χ0n) is 9.57. The number of ether oxygens (including phenoxy) is 1. The Balaban J connectivity index is 2.33. The van der Waals surface area contributed by atoms with Gasteiger partial charge in [0, 0.05) is 17.2 Å². The molecular formula is C14H9FO3. The van der Waals surface area contributed by atoms with Gasteiger partial charge in [0.2, 0.25) is 0 Å². The van der Waals surface area contributed by atoms with Crippen molar-refractivity contribution >= 4 is 17.3 Å². The number of esters is 1. The summed E-state index contributed by atoms with van der Waals surface area (Å²) >= 11 is 0. The van der Waals surface area contributed by atoms with E-state index >= 15 is 0 Å². The van der Waals surface area contributed by atoms with Crippen molar-refractivity contribution in [2.45, 2.75) is 12.8 Å². The maximum Gasteiger partial charge on any atom is 0.342 e. The first-order valence-electron chi connectivity index (χ1n) is 5.49. The molecule has 0 saturated heterocycles. The van der Waals surface area contributed by atoms with Gasteiger partial charge in [0.1, 0.15) is 0 Å². The summed E-state index contributed by atoms with van der Waals surface area (Å²) in [4.78, 5) is 23.2. The van der Waals surface area contributed by atoms with Gasteiger partial charge in [0.15, 0.2) is 5.78 Å². The summed E-state index contributed by atoms with van der Waals surface area (Å²) in [6.07, 6.45) is 3.23. The average Bonchev–Trinajstić information content (AvgIpc) is 2.32. The molecule has 1 aromatic carbocycles. The molecular weight excluding hydrogens is 235 g/mol.